The third kappa shape index (κ3) is 3.21. The highest BCUT2D eigenvalue weighted by atomic mass is 15.3. The second kappa shape index (κ2) is 6.17. The zero-order valence-corrected chi connectivity index (χ0v) is 11.3. The molecule has 4 heteroatoms. The van der Waals surface area contributed by atoms with Crippen molar-refractivity contribution >= 4 is 0 Å². The Bertz CT molecular complexity index is 566. The predicted octanol–water partition coefficient (Wildman–Crippen LogP) is 2.34. The molecule has 0 saturated carbocycles. The Kier molecular flexibility index (Phi) is 4.32. The fourth-order valence-electron chi connectivity index (χ4n) is 2.11. The fourth-order valence-corrected chi connectivity index (χ4v) is 2.11. The highest BCUT2D eigenvalue weighted by Gasteiger charge is 2.16. The van der Waals surface area contributed by atoms with Crippen molar-refractivity contribution in [3.63, 3.8) is 0 Å². The second-order valence-electron chi connectivity index (χ2n) is 4.49. The van der Waals surface area contributed by atoms with Gasteiger partial charge in [-0.3, -0.25) is 10.00 Å². The van der Waals surface area contributed by atoms with Crippen molar-refractivity contribution in [1.82, 2.24) is 15.1 Å². The SMILES string of the molecule is CCc1nn(C)cc1C(C#N)NCc1ccccc1. The van der Waals surface area contributed by atoms with E-state index in [-0.39, 0.29) is 6.04 Å². The van der Waals surface area contributed by atoms with E-state index in [4.69, 9.17) is 0 Å². The summed E-state index contributed by atoms with van der Waals surface area (Å²) in [6, 6.07) is 12.1. The van der Waals surface area contributed by atoms with Crippen LogP contribution in [0.2, 0.25) is 0 Å². The Hall–Kier alpha value is -2.12. The summed E-state index contributed by atoms with van der Waals surface area (Å²) in [6.07, 6.45) is 2.76. The smallest absolute Gasteiger partial charge is 0.124 e. The Morgan fingerprint density at radius 1 is 1.37 bits per heavy atom. The molecule has 98 valence electrons. The van der Waals surface area contributed by atoms with Gasteiger partial charge in [-0.2, -0.15) is 10.4 Å². The number of rotatable bonds is 5. The predicted molar refractivity (Wildman–Crippen MR) is 74.2 cm³/mol. The molecule has 0 aliphatic rings. The average molecular weight is 254 g/mol. The molecule has 1 aromatic heterocycles. The van der Waals surface area contributed by atoms with Crippen molar-refractivity contribution in [2.45, 2.75) is 25.9 Å². The van der Waals surface area contributed by atoms with Crippen LogP contribution in [0.4, 0.5) is 0 Å². The van der Waals surface area contributed by atoms with Crippen LogP contribution in [-0.2, 0) is 20.0 Å². The van der Waals surface area contributed by atoms with Crippen molar-refractivity contribution in [3.05, 3.63) is 53.3 Å². The van der Waals surface area contributed by atoms with Gasteiger partial charge in [-0.15, -0.1) is 0 Å². The molecular formula is C15H18N4. The minimum atomic E-state index is -0.316. The topological polar surface area (TPSA) is 53.6 Å². The summed E-state index contributed by atoms with van der Waals surface area (Å²) >= 11 is 0. The maximum absolute atomic E-state index is 9.34. The molecule has 1 aromatic carbocycles. The molecule has 0 fully saturated rings. The third-order valence-electron chi connectivity index (χ3n) is 3.07. The van der Waals surface area contributed by atoms with Crippen LogP contribution in [0.5, 0.6) is 0 Å². The number of nitrogens with zero attached hydrogens (tertiary/aromatic N) is 3. The molecule has 0 bridgehead atoms. The second-order valence-corrected chi connectivity index (χ2v) is 4.49. The van der Waals surface area contributed by atoms with Crippen LogP contribution in [0, 0.1) is 11.3 Å². The Labute approximate surface area is 113 Å². The summed E-state index contributed by atoms with van der Waals surface area (Å²) in [6.45, 7) is 2.73. The summed E-state index contributed by atoms with van der Waals surface area (Å²) < 4.78 is 1.77. The number of aryl methyl sites for hydroxylation is 2. The lowest BCUT2D eigenvalue weighted by molar-refractivity contribution is 0.625. The standard InChI is InChI=1S/C15H18N4/c1-3-14-13(11-19(2)18-14)15(9-16)17-10-12-7-5-4-6-8-12/h4-8,11,15,17H,3,10H2,1-2H3. The molecule has 1 unspecified atom stereocenters. The van der Waals surface area contributed by atoms with Gasteiger partial charge in [0, 0.05) is 25.4 Å². The third-order valence-corrected chi connectivity index (χ3v) is 3.07. The van der Waals surface area contributed by atoms with E-state index < -0.39 is 0 Å². The molecule has 1 N–H and O–H groups in total. The maximum Gasteiger partial charge on any atom is 0.124 e. The lowest BCUT2D eigenvalue weighted by Crippen LogP contribution is -2.20. The molecule has 0 saturated heterocycles. The summed E-state index contributed by atoms with van der Waals surface area (Å²) in [5, 5.41) is 17.0. The van der Waals surface area contributed by atoms with E-state index in [0.29, 0.717) is 6.54 Å². The highest BCUT2D eigenvalue weighted by molar-refractivity contribution is 5.27. The lowest BCUT2D eigenvalue weighted by Gasteiger charge is -2.11. The molecule has 0 aliphatic heterocycles. The molecule has 19 heavy (non-hydrogen) atoms. The molecule has 1 heterocycles. The first-order chi connectivity index (χ1) is 9.24. The van der Waals surface area contributed by atoms with Gasteiger partial charge in [0.15, 0.2) is 0 Å². The van der Waals surface area contributed by atoms with E-state index in [1.165, 1.54) is 5.56 Å². The molecule has 0 amide bonds. The largest absolute Gasteiger partial charge is 0.294 e. The lowest BCUT2D eigenvalue weighted by atomic mass is 10.1. The first-order valence-corrected chi connectivity index (χ1v) is 6.44. The van der Waals surface area contributed by atoms with Gasteiger partial charge >= 0.3 is 0 Å². The molecule has 4 nitrogen and oxygen atoms in total. The van der Waals surface area contributed by atoms with E-state index >= 15 is 0 Å². The van der Waals surface area contributed by atoms with Crippen LogP contribution in [-0.4, -0.2) is 9.78 Å². The monoisotopic (exact) mass is 254 g/mol. The highest BCUT2D eigenvalue weighted by Crippen LogP contribution is 2.17. The van der Waals surface area contributed by atoms with E-state index in [0.717, 1.165) is 17.7 Å². The van der Waals surface area contributed by atoms with Crippen molar-refractivity contribution in [3.8, 4) is 6.07 Å². The van der Waals surface area contributed by atoms with Crippen molar-refractivity contribution < 1.29 is 0 Å². The number of nitrogens with one attached hydrogen (secondary N) is 1. The molecule has 2 aromatic rings. The van der Waals surface area contributed by atoms with Crippen LogP contribution in [0.1, 0.15) is 29.8 Å². The summed E-state index contributed by atoms with van der Waals surface area (Å²) in [5.74, 6) is 0. The Morgan fingerprint density at radius 2 is 2.11 bits per heavy atom. The van der Waals surface area contributed by atoms with Crippen LogP contribution >= 0.6 is 0 Å². The summed E-state index contributed by atoms with van der Waals surface area (Å²) in [4.78, 5) is 0. The first-order valence-electron chi connectivity index (χ1n) is 6.44. The molecule has 0 radical (unpaired) electrons. The van der Waals surface area contributed by atoms with Crippen molar-refractivity contribution in [2.75, 3.05) is 0 Å². The van der Waals surface area contributed by atoms with E-state index in [1.54, 1.807) is 4.68 Å². The minimum absolute atomic E-state index is 0.316. The van der Waals surface area contributed by atoms with Gasteiger partial charge in [-0.1, -0.05) is 37.3 Å². The number of hydrogen-bond acceptors (Lipinski definition) is 3. The van der Waals surface area contributed by atoms with Gasteiger partial charge in [-0.25, -0.2) is 0 Å². The van der Waals surface area contributed by atoms with Gasteiger partial charge in [-0.05, 0) is 12.0 Å². The quantitative estimate of drug-likeness (QED) is 0.891. The van der Waals surface area contributed by atoms with E-state index in [1.807, 2.05) is 43.6 Å². The van der Waals surface area contributed by atoms with Crippen LogP contribution in [0.25, 0.3) is 0 Å². The fraction of sp³-hybridized carbons (Fsp3) is 0.333. The van der Waals surface area contributed by atoms with Gasteiger partial charge < -0.3 is 0 Å². The minimum Gasteiger partial charge on any atom is -0.294 e. The maximum atomic E-state index is 9.34. The van der Waals surface area contributed by atoms with Crippen LogP contribution < -0.4 is 5.32 Å². The normalized spacial score (nSPS) is 12.1. The molecule has 1 atom stereocenters. The number of aromatic nitrogens is 2. The van der Waals surface area contributed by atoms with Crippen molar-refractivity contribution in [1.29, 1.82) is 5.26 Å². The van der Waals surface area contributed by atoms with Gasteiger partial charge in [0.2, 0.25) is 0 Å². The van der Waals surface area contributed by atoms with E-state index in [9.17, 15) is 5.26 Å². The van der Waals surface area contributed by atoms with Gasteiger partial charge in [0.1, 0.15) is 6.04 Å². The van der Waals surface area contributed by atoms with E-state index in [2.05, 4.69) is 23.4 Å². The van der Waals surface area contributed by atoms with Crippen molar-refractivity contribution in [2.24, 2.45) is 7.05 Å². The number of benzene rings is 1. The molecular weight excluding hydrogens is 236 g/mol. The zero-order chi connectivity index (χ0) is 13.7. The Morgan fingerprint density at radius 3 is 2.74 bits per heavy atom. The average Bonchev–Trinajstić information content (AvgIpc) is 2.82. The number of nitriles is 1. The Balaban J connectivity index is 2.10. The zero-order valence-electron chi connectivity index (χ0n) is 11.3. The summed E-state index contributed by atoms with van der Waals surface area (Å²) in [5.41, 5.74) is 3.13. The molecule has 0 aliphatic carbocycles. The molecule has 2 rings (SSSR count). The van der Waals surface area contributed by atoms with Crippen LogP contribution in [0.3, 0.4) is 0 Å². The summed E-state index contributed by atoms with van der Waals surface area (Å²) in [7, 11) is 1.88. The number of hydrogen-bond donors (Lipinski definition) is 1. The molecule has 0 spiro atoms. The first kappa shape index (κ1) is 13.3. The van der Waals surface area contributed by atoms with Crippen LogP contribution in [0.15, 0.2) is 36.5 Å². The van der Waals surface area contributed by atoms with Gasteiger partial charge in [0.25, 0.3) is 0 Å². The van der Waals surface area contributed by atoms with Gasteiger partial charge in [0.05, 0.1) is 11.8 Å².